The number of ketones is 2. The maximum Gasteiger partial charge on any atom is 0.306 e. The van der Waals surface area contributed by atoms with E-state index in [1.54, 1.807) is 6.08 Å². The summed E-state index contributed by atoms with van der Waals surface area (Å²) in [5.74, 6) is -1.88. The molecule has 0 heterocycles. The average Bonchev–Trinajstić information content (AvgIpc) is 3.10. The van der Waals surface area contributed by atoms with Crippen molar-refractivity contribution in [2.45, 2.75) is 110 Å². The van der Waals surface area contributed by atoms with Crippen LogP contribution >= 0.6 is 0 Å². The van der Waals surface area contributed by atoms with Gasteiger partial charge in [0.1, 0.15) is 18.3 Å². The third-order valence-corrected chi connectivity index (χ3v) is 9.92. The van der Waals surface area contributed by atoms with Crippen LogP contribution in [0.15, 0.2) is 11.6 Å². The van der Waals surface area contributed by atoms with Crippen LogP contribution in [0, 0.1) is 28.6 Å². The summed E-state index contributed by atoms with van der Waals surface area (Å²) in [6.45, 7) is 6.91. The van der Waals surface area contributed by atoms with Crippen molar-refractivity contribution >= 4 is 23.5 Å². The van der Waals surface area contributed by atoms with Gasteiger partial charge in [0.05, 0.1) is 6.10 Å². The van der Waals surface area contributed by atoms with Crippen LogP contribution in [0.4, 0.5) is 0 Å². The Kier molecular flexibility index (Phi) is 9.26. The highest BCUT2D eigenvalue weighted by atomic mass is 16.5. The van der Waals surface area contributed by atoms with E-state index >= 15 is 0 Å². The van der Waals surface area contributed by atoms with Gasteiger partial charge in [0.2, 0.25) is 0 Å². The molecule has 0 aromatic rings. The molecule has 0 radical (unpaired) electrons. The van der Waals surface area contributed by atoms with Gasteiger partial charge >= 0.3 is 11.9 Å². The number of carboxylic acid groups (broad SMARTS) is 1. The van der Waals surface area contributed by atoms with Crippen molar-refractivity contribution in [1.82, 2.24) is 0 Å². The minimum absolute atomic E-state index is 0.000559. The van der Waals surface area contributed by atoms with Crippen molar-refractivity contribution in [3.05, 3.63) is 11.6 Å². The van der Waals surface area contributed by atoms with E-state index in [-0.39, 0.29) is 55.2 Å². The van der Waals surface area contributed by atoms with Crippen molar-refractivity contribution in [1.29, 1.82) is 0 Å². The molecule has 0 saturated heterocycles. The van der Waals surface area contributed by atoms with Gasteiger partial charge in [-0.1, -0.05) is 33.3 Å². The van der Waals surface area contributed by atoms with Crippen LogP contribution in [0.1, 0.15) is 91.9 Å². The Balaban J connectivity index is 0.000000599. The second-order valence-corrected chi connectivity index (χ2v) is 12.0. The van der Waals surface area contributed by atoms with E-state index < -0.39 is 47.0 Å². The van der Waals surface area contributed by atoms with E-state index in [0.29, 0.717) is 25.7 Å². The molecule has 4 aliphatic carbocycles. The molecule has 0 aromatic heterocycles. The van der Waals surface area contributed by atoms with Gasteiger partial charge in [0, 0.05) is 36.0 Å². The molecule has 0 aliphatic heterocycles. The first-order chi connectivity index (χ1) is 17.8. The Morgan fingerprint density at radius 2 is 1.76 bits per heavy atom. The van der Waals surface area contributed by atoms with Gasteiger partial charge in [-0.2, -0.15) is 0 Å². The van der Waals surface area contributed by atoms with Crippen molar-refractivity contribution < 1.29 is 44.3 Å². The second kappa shape index (κ2) is 11.6. The largest absolute Gasteiger partial charge is 0.481 e. The first kappa shape index (κ1) is 30.4. The van der Waals surface area contributed by atoms with Gasteiger partial charge in [-0.3, -0.25) is 19.2 Å². The Hall–Kier alpha value is -2.10. The van der Waals surface area contributed by atoms with Gasteiger partial charge in [-0.25, -0.2) is 0 Å². The van der Waals surface area contributed by atoms with Gasteiger partial charge in [-0.05, 0) is 62.9 Å². The highest BCUT2D eigenvalue weighted by Gasteiger charge is 2.69. The third kappa shape index (κ3) is 5.09. The minimum atomic E-state index is -1.65. The Bertz CT molecular complexity index is 973. The number of esters is 1. The van der Waals surface area contributed by atoms with Crippen LogP contribution in [-0.4, -0.2) is 68.3 Å². The number of aliphatic hydroxyl groups is 3. The fourth-order valence-corrected chi connectivity index (χ4v) is 8.10. The van der Waals surface area contributed by atoms with Crippen LogP contribution in [0.2, 0.25) is 0 Å². The number of carbonyl (C=O) groups excluding carboxylic acids is 3. The number of rotatable bonds is 7. The number of Topliss-reactive ketones (excluding diaryl/α,β-unsaturated/α-hetero) is 1. The fraction of sp³-hybridized carbons (Fsp3) is 0.793. The Morgan fingerprint density at radius 1 is 1.11 bits per heavy atom. The molecule has 38 heavy (non-hydrogen) atoms. The zero-order valence-electron chi connectivity index (χ0n) is 23.1. The lowest BCUT2D eigenvalue weighted by atomic mass is 9.44. The van der Waals surface area contributed by atoms with Crippen molar-refractivity contribution in [3.63, 3.8) is 0 Å². The van der Waals surface area contributed by atoms with Gasteiger partial charge in [0.15, 0.2) is 11.6 Å². The first-order valence-electron chi connectivity index (χ1n) is 14.0. The summed E-state index contributed by atoms with van der Waals surface area (Å²) in [5, 5.41) is 40.2. The van der Waals surface area contributed by atoms with E-state index in [2.05, 4.69) is 0 Å². The number of aliphatic hydroxyl groups excluding tert-OH is 2. The highest BCUT2D eigenvalue weighted by molar-refractivity contribution is 5.92. The number of ether oxygens (including phenoxy) is 1. The van der Waals surface area contributed by atoms with Crippen LogP contribution < -0.4 is 0 Å². The molecular formula is C29H44O9. The summed E-state index contributed by atoms with van der Waals surface area (Å²) in [7, 11) is 0. The van der Waals surface area contributed by atoms with Crippen LogP contribution in [-0.2, 0) is 23.9 Å². The standard InChI is InChI=1S/C25H36O7.C4H8O2/c1-4-5-21(30)32-20-11-15(27)10-14-6-7-16-17-8-9-25(31,19(29)13-26)23(17,2)12-18(28)22(16)24(14,20)3;1-2-3-4(5)6/h10,16-18,20,22,26,28,31H,4-9,11-13H2,1-3H3;2-3H2,1H3,(H,5,6)/t16-,17-,18-,20?,22+,23-,24+,25-;/m0./s1. The van der Waals surface area contributed by atoms with Crippen molar-refractivity contribution in [3.8, 4) is 0 Å². The predicted molar refractivity (Wildman–Crippen MR) is 138 cm³/mol. The second-order valence-electron chi connectivity index (χ2n) is 12.0. The minimum Gasteiger partial charge on any atom is -0.481 e. The molecule has 3 fully saturated rings. The Labute approximate surface area is 224 Å². The molecule has 9 heteroatoms. The van der Waals surface area contributed by atoms with E-state index in [0.717, 1.165) is 18.4 Å². The summed E-state index contributed by atoms with van der Waals surface area (Å²) in [4.78, 5) is 47.0. The molecule has 9 nitrogen and oxygen atoms in total. The van der Waals surface area contributed by atoms with Crippen molar-refractivity contribution in [2.75, 3.05) is 6.61 Å². The molecule has 8 atom stereocenters. The Morgan fingerprint density at radius 3 is 2.32 bits per heavy atom. The number of carboxylic acids is 1. The highest BCUT2D eigenvalue weighted by Crippen LogP contribution is 2.67. The molecule has 0 bridgehead atoms. The molecule has 4 aliphatic rings. The number of carbonyl (C=O) groups is 4. The topological polar surface area (TPSA) is 158 Å². The van der Waals surface area contributed by atoms with Crippen molar-refractivity contribution in [2.24, 2.45) is 28.6 Å². The quantitative estimate of drug-likeness (QED) is 0.359. The summed E-state index contributed by atoms with van der Waals surface area (Å²) < 4.78 is 5.86. The molecule has 4 N–H and O–H groups in total. The monoisotopic (exact) mass is 536 g/mol. The van der Waals surface area contributed by atoms with E-state index in [9.17, 15) is 34.5 Å². The van der Waals surface area contributed by atoms with E-state index in [1.165, 1.54) is 0 Å². The van der Waals surface area contributed by atoms with E-state index in [1.807, 2.05) is 27.7 Å². The van der Waals surface area contributed by atoms with Gasteiger partial charge < -0.3 is 25.2 Å². The smallest absolute Gasteiger partial charge is 0.306 e. The number of fused-ring (bicyclic) bond motifs is 5. The van der Waals surface area contributed by atoms with Gasteiger partial charge in [-0.15, -0.1) is 0 Å². The molecule has 3 saturated carbocycles. The van der Waals surface area contributed by atoms with E-state index in [4.69, 9.17) is 9.84 Å². The molecule has 214 valence electrons. The predicted octanol–water partition coefficient (Wildman–Crippen LogP) is 2.97. The number of hydrogen-bond donors (Lipinski definition) is 4. The lowest BCUT2D eigenvalue weighted by Crippen LogP contribution is -2.64. The lowest BCUT2D eigenvalue weighted by molar-refractivity contribution is -0.197. The van der Waals surface area contributed by atoms with Gasteiger partial charge in [0.25, 0.3) is 0 Å². The zero-order valence-corrected chi connectivity index (χ0v) is 23.1. The van der Waals surface area contributed by atoms with Crippen LogP contribution in [0.25, 0.3) is 0 Å². The number of hydrogen-bond acceptors (Lipinski definition) is 8. The summed E-state index contributed by atoms with van der Waals surface area (Å²) in [6.07, 6.45) is 4.86. The first-order valence-corrected chi connectivity index (χ1v) is 14.0. The van der Waals surface area contributed by atoms with Crippen LogP contribution in [0.3, 0.4) is 0 Å². The molecular weight excluding hydrogens is 492 g/mol. The summed E-state index contributed by atoms with van der Waals surface area (Å²) in [5.41, 5.74) is -2.20. The fourth-order valence-electron chi connectivity index (χ4n) is 8.10. The molecule has 0 spiro atoms. The zero-order chi connectivity index (χ0) is 28.5. The molecule has 0 aromatic carbocycles. The SMILES string of the molecule is CCCC(=O)O.CCCC(=O)OC1CC(=O)C=C2CC[C@@H]3[C@H]([C@@H](O)C[C@@]4(C)[C@H]3CC[C@]4(O)C(=O)CO)[C@]21C. The molecule has 4 rings (SSSR count). The molecule has 1 unspecified atom stereocenters. The summed E-state index contributed by atoms with van der Waals surface area (Å²) in [6, 6.07) is 0. The summed E-state index contributed by atoms with van der Waals surface area (Å²) >= 11 is 0. The maximum atomic E-state index is 12.5. The molecule has 0 amide bonds. The lowest BCUT2D eigenvalue weighted by Gasteiger charge is -2.61. The van der Waals surface area contributed by atoms with Crippen LogP contribution in [0.5, 0.6) is 0 Å². The maximum absolute atomic E-state index is 12.5. The third-order valence-electron chi connectivity index (χ3n) is 9.92. The number of aliphatic carboxylic acids is 1. The normalized spacial score (nSPS) is 39.5. The average molecular weight is 537 g/mol.